The third-order valence-electron chi connectivity index (χ3n) is 2.44. The molecule has 0 bridgehead atoms. The molecule has 88 valence electrons. The van der Waals surface area contributed by atoms with Gasteiger partial charge in [-0.1, -0.05) is 12.1 Å². The van der Waals surface area contributed by atoms with Crippen LogP contribution < -0.4 is 5.32 Å². The summed E-state index contributed by atoms with van der Waals surface area (Å²) in [6.45, 7) is 3.94. The lowest BCUT2D eigenvalue weighted by Gasteiger charge is -2.07. The molecule has 3 nitrogen and oxygen atoms in total. The van der Waals surface area contributed by atoms with E-state index >= 15 is 0 Å². The van der Waals surface area contributed by atoms with Crippen LogP contribution in [-0.2, 0) is 0 Å². The number of hydrogen-bond donors (Lipinski definition) is 1. The van der Waals surface area contributed by atoms with E-state index in [0.717, 1.165) is 16.8 Å². The molecule has 0 fully saturated rings. The quantitative estimate of drug-likeness (QED) is 0.912. The molecule has 1 aromatic carbocycles. The first-order valence-electron chi connectivity index (χ1n) is 5.20. The molecular weight excluding hydrogens is 282 g/mol. The number of benzene rings is 1. The van der Waals surface area contributed by atoms with Crippen LogP contribution in [0, 0.1) is 13.8 Å². The van der Waals surface area contributed by atoms with Gasteiger partial charge in [0.25, 0.3) is 5.91 Å². The predicted molar refractivity (Wildman–Crippen MR) is 70.3 cm³/mol. The zero-order valence-electron chi connectivity index (χ0n) is 9.58. The van der Waals surface area contributed by atoms with Gasteiger partial charge in [-0.05, 0) is 59.1 Å². The minimum atomic E-state index is -0.246. The molecule has 0 spiro atoms. The maximum Gasteiger partial charge on any atom is 0.291 e. The Hall–Kier alpha value is -1.55. The van der Waals surface area contributed by atoms with Crippen molar-refractivity contribution in [1.82, 2.24) is 0 Å². The molecule has 0 unspecified atom stereocenters. The largest absolute Gasteiger partial charge is 0.444 e. The Labute approximate surface area is 108 Å². The SMILES string of the molecule is Cc1ccc(C)c(NC(=O)c2ccc(Br)o2)c1. The fourth-order valence-corrected chi connectivity index (χ4v) is 1.80. The van der Waals surface area contributed by atoms with Crippen molar-refractivity contribution in [1.29, 1.82) is 0 Å². The number of anilines is 1. The summed E-state index contributed by atoms with van der Waals surface area (Å²) in [4.78, 5) is 11.9. The Morgan fingerprint density at radius 2 is 2.00 bits per heavy atom. The highest BCUT2D eigenvalue weighted by molar-refractivity contribution is 9.10. The topological polar surface area (TPSA) is 42.2 Å². The van der Waals surface area contributed by atoms with Crippen LogP contribution in [0.5, 0.6) is 0 Å². The normalized spacial score (nSPS) is 10.3. The maximum atomic E-state index is 11.9. The lowest BCUT2D eigenvalue weighted by Crippen LogP contribution is -2.11. The van der Waals surface area contributed by atoms with E-state index in [0.29, 0.717) is 4.67 Å². The van der Waals surface area contributed by atoms with Gasteiger partial charge in [0.05, 0.1) is 0 Å². The van der Waals surface area contributed by atoms with Crippen LogP contribution in [0.2, 0.25) is 0 Å². The molecule has 0 saturated carbocycles. The number of halogens is 1. The first-order valence-corrected chi connectivity index (χ1v) is 5.99. The molecule has 1 N–H and O–H groups in total. The Morgan fingerprint density at radius 1 is 1.24 bits per heavy atom. The minimum absolute atomic E-state index is 0.246. The van der Waals surface area contributed by atoms with Crippen molar-refractivity contribution in [2.75, 3.05) is 5.32 Å². The van der Waals surface area contributed by atoms with E-state index in [2.05, 4.69) is 21.2 Å². The van der Waals surface area contributed by atoms with E-state index in [1.165, 1.54) is 0 Å². The molecule has 1 aromatic heterocycles. The molecule has 2 rings (SSSR count). The van der Waals surface area contributed by atoms with Crippen molar-refractivity contribution < 1.29 is 9.21 Å². The van der Waals surface area contributed by atoms with Gasteiger partial charge in [0.2, 0.25) is 0 Å². The van der Waals surface area contributed by atoms with E-state index in [9.17, 15) is 4.79 Å². The van der Waals surface area contributed by atoms with Gasteiger partial charge in [-0.25, -0.2) is 0 Å². The summed E-state index contributed by atoms with van der Waals surface area (Å²) in [6.07, 6.45) is 0. The standard InChI is InChI=1S/C13H12BrNO2/c1-8-3-4-9(2)10(7-8)15-13(16)11-5-6-12(14)17-11/h3-7H,1-2H3,(H,15,16). The Morgan fingerprint density at radius 3 is 2.65 bits per heavy atom. The van der Waals surface area contributed by atoms with Gasteiger partial charge < -0.3 is 9.73 Å². The van der Waals surface area contributed by atoms with Gasteiger partial charge in [0.15, 0.2) is 10.4 Å². The molecule has 1 heterocycles. The van der Waals surface area contributed by atoms with Gasteiger partial charge in [0.1, 0.15) is 0 Å². The van der Waals surface area contributed by atoms with E-state index in [1.807, 2.05) is 32.0 Å². The molecule has 4 heteroatoms. The number of carbonyl (C=O) groups excluding carboxylic acids is 1. The molecule has 0 aliphatic carbocycles. The lowest BCUT2D eigenvalue weighted by molar-refractivity contribution is 0.0995. The second-order valence-corrected chi connectivity index (χ2v) is 4.66. The van der Waals surface area contributed by atoms with Crippen LogP contribution in [0.15, 0.2) is 39.4 Å². The Kier molecular flexibility index (Phi) is 3.33. The molecule has 0 radical (unpaired) electrons. The fourth-order valence-electron chi connectivity index (χ4n) is 1.49. The fraction of sp³-hybridized carbons (Fsp3) is 0.154. The van der Waals surface area contributed by atoms with Crippen molar-refractivity contribution in [3.05, 3.63) is 51.9 Å². The van der Waals surface area contributed by atoms with Crippen molar-refractivity contribution in [2.45, 2.75) is 13.8 Å². The van der Waals surface area contributed by atoms with E-state index in [1.54, 1.807) is 12.1 Å². The van der Waals surface area contributed by atoms with Crippen LogP contribution in [0.1, 0.15) is 21.7 Å². The third kappa shape index (κ3) is 2.77. The molecule has 0 saturated heterocycles. The average molecular weight is 294 g/mol. The summed E-state index contributed by atoms with van der Waals surface area (Å²) in [6, 6.07) is 9.24. The first kappa shape index (κ1) is 11.9. The van der Waals surface area contributed by atoms with Gasteiger partial charge in [-0.3, -0.25) is 4.79 Å². The van der Waals surface area contributed by atoms with Crippen LogP contribution in [0.25, 0.3) is 0 Å². The summed E-state index contributed by atoms with van der Waals surface area (Å²) in [5, 5.41) is 2.83. The summed E-state index contributed by atoms with van der Waals surface area (Å²) in [7, 11) is 0. The minimum Gasteiger partial charge on any atom is -0.444 e. The van der Waals surface area contributed by atoms with Gasteiger partial charge in [-0.2, -0.15) is 0 Å². The molecule has 1 amide bonds. The van der Waals surface area contributed by atoms with E-state index < -0.39 is 0 Å². The number of furan rings is 1. The summed E-state index contributed by atoms with van der Waals surface area (Å²) in [5.74, 6) is 0.0437. The Bertz CT molecular complexity index is 560. The predicted octanol–water partition coefficient (Wildman–Crippen LogP) is 3.91. The number of hydrogen-bond acceptors (Lipinski definition) is 2. The van der Waals surface area contributed by atoms with Crippen molar-refractivity contribution in [2.24, 2.45) is 0 Å². The number of amides is 1. The van der Waals surface area contributed by atoms with Crippen molar-refractivity contribution in [3.8, 4) is 0 Å². The average Bonchev–Trinajstić information content (AvgIpc) is 2.70. The lowest BCUT2D eigenvalue weighted by atomic mass is 10.1. The highest BCUT2D eigenvalue weighted by Crippen LogP contribution is 2.19. The number of aryl methyl sites for hydroxylation is 2. The Balaban J connectivity index is 2.21. The van der Waals surface area contributed by atoms with Crippen LogP contribution >= 0.6 is 15.9 Å². The van der Waals surface area contributed by atoms with Crippen LogP contribution in [0.4, 0.5) is 5.69 Å². The second-order valence-electron chi connectivity index (χ2n) is 3.88. The zero-order valence-corrected chi connectivity index (χ0v) is 11.2. The van der Waals surface area contributed by atoms with Crippen LogP contribution in [-0.4, -0.2) is 5.91 Å². The molecular formula is C13H12BrNO2. The van der Waals surface area contributed by atoms with Crippen molar-refractivity contribution >= 4 is 27.5 Å². The molecule has 0 aliphatic rings. The van der Waals surface area contributed by atoms with Crippen LogP contribution in [0.3, 0.4) is 0 Å². The smallest absolute Gasteiger partial charge is 0.291 e. The molecule has 2 aromatic rings. The highest BCUT2D eigenvalue weighted by atomic mass is 79.9. The first-order chi connectivity index (χ1) is 8.06. The number of carbonyl (C=O) groups is 1. The van der Waals surface area contributed by atoms with Gasteiger partial charge in [0, 0.05) is 5.69 Å². The summed E-state index contributed by atoms with van der Waals surface area (Å²) < 4.78 is 5.74. The van der Waals surface area contributed by atoms with Crippen molar-refractivity contribution in [3.63, 3.8) is 0 Å². The molecule has 0 atom stereocenters. The maximum absolute atomic E-state index is 11.9. The van der Waals surface area contributed by atoms with E-state index in [4.69, 9.17) is 4.42 Å². The van der Waals surface area contributed by atoms with E-state index in [-0.39, 0.29) is 11.7 Å². The molecule has 17 heavy (non-hydrogen) atoms. The number of rotatable bonds is 2. The summed E-state index contributed by atoms with van der Waals surface area (Å²) in [5.41, 5.74) is 2.93. The monoisotopic (exact) mass is 293 g/mol. The molecule has 0 aliphatic heterocycles. The summed E-state index contributed by atoms with van der Waals surface area (Å²) >= 11 is 3.17. The second kappa shape index (κ2) is 4.75. The van der Waals surface area contributed by atoms with Gasteiger partial charge >= 0.3 is 0 Å². The zero-order chi connectivity index (χ0) is 12.4. The third-order valence-corrected chi connectivity index (χ3v) is 2.86. The van der Waals surface area contributed by atoms with Gasteiger partial charge in [-0.15, -0.1) is 0 Å². The number of nitrogens with one attached hydrogen (secondary N) is 1. The highest BCUT2D eigenvalue weighted by Gasteiger charge is 2.11.